The van der Waals surface area contributed by atoms with Crippen LogP contribution in [0.3, 0.4) is 0 Å². The number of nitrogens with zero attached hydrogens (tertiary/aromatic N) is 2. The maximum atomic E-state index is 13.3. The highest BCUT2D eigenvalue weighted by molar-refractivity contribution is 7.18. The molecule has 0 radical (unpaired) electrons. The molecule has 2 aliphatic rings. The summed E-state index contributed by atoms with van der Waals surface area (Å²) in [6, 6.07) is 10.5. The lowest BCUT2D eigenvalue weighted by Gasteiger charge is -2.27. The molecule has 5 nitrogen and oxygen atoms in total. The van der Waals surface area contributed by atoms with Crippen LogP contribution in [0.1, 0.15) is 54.1 Å². The van der Waals surface area contributed by atoms with E-state index in [9.17, 15) is 9.59 Å². The minimum absolute atomic E-state index is 0.0584. The summed E-state index contributed by atoms with van der Waals surface area (Å²) in [5, 5.41) is 0.768. The molecule has 0 saturated heterocycles. The zero-order valence-corrected chi connectivity index (χ0v) is 16.8. The molecule has 1 aromatic carbocycles. The maximum Gasteiger partial charge on any atom is 0.329 e. The first kappa shape index (κ1) is 17.9. The van der Waals surface area contributed by atoms with E-state index in [1.807, 2.05) is 6.07 Å². The van der Waals surface area contributed by atoms with E-state index in [4.69, 9.17) is 0 Å². The first-order chi connectivity index (χ1) is 13.7. The summed E-state index contributed by atoms with van der Waals surface area (Å²) in [6.07, 6.45) is 6.15. The quantitative estimate of drug-likeness (QED) is 0.734. The lowest BCUT2D eigenvalue weighted by Crippen LogP contribution is -2.39. The summed E-state index contributed by atoms with van der Waals surface area (Å²) in [5.41, 5.74) is 2.17. The molecule has 1 aliphatic carbocycles. The van der Waals surface area contributed by atoms with Crippen molar-refractivity contribution in [3.63, 3.8) is 0 Å². The molecule has 0 atom stereocenters. The molecule has 28 heavy (non-hydrogen) atoms. The molecule has 0 unspecified atom stereocenters. The van der Waals surface area contributed by atoms with E-state index in [0.717, 1.165) is 67.5 Å². The Morgan fingerprint density at radius 1 is 1.07 bits per heavy atom. The molecule has 5 rings (SSSR count). The second-order valence-corrected chi connectivity index (χ2v) is 9.16. The molecule has 1 aliphatic heterocycles. The Morgan fingerprint density at radius 2 is 1.86 bits per heavy atom. The van der Waals surface area contributed by atoms with Crippen molar-refractivity contribution in [2.45, 2.75) is 57.7 Å². The van der Waals surface area contributed by atoms with Crippen molar-refractivity contribution in [2.24, 2.45) is 0 Å². The van der Waals surface area contributed by atoms with Gasteiger partial charge in [-0.15, -0.1) is 11.3 Å². The topological polar surface area (TPSA) is 58.1 Å². The molecule has 1 saturated carbocycles. The van der Waals surface area contributed by atoms with Gasteiger partial charge in [0.2, 0.25) is 0 Å². The third kappa shape index (κ3) is 3.14. The predicted octanol–water partition coefficient (Wildman–Crippen LogP) is 3.81. The molecule has 3 aromatic rings. The highest BCUT2D eigenvalue weighted by Gasteiger charge is 2.26. The third-order valence-electron chi connectivity index (χ3n) is 6.20. The fraction of sp³-hybridized carbons (Fsp3) is 0.455. The number of rotatable bonds is 3. The van der Waals surface area contributed by atoms with Gasteiger partial charge in [0.05, 0.1) is 5.39 Å². The monoisotopic (exact) mass is 395 g/mol. The average molecular weight is 396 g/mol. The Kier molecular flexibility index (Phi) is 4.69. The van der Waals surface area contributed by atoms with Crippen LogP contribution in [-0.2, 0) is 19.5 Å². The fourth-order valence-electron chi connectivity index (χ4n) is 4.79. The van der Waals surface area contributed by atoms with Crippen LogP contribution in [0.4, 0.5) is 0 Å². The highest BCUT2D eigenvalue weighted by atomic mass is 32.1. The zero-order valence-electron chi connectivity index (χ0n) is 15.9. The van der Waals surface area contributed by atoms with E-state index in [1.165, 1.54) is 21.4 Å². The second-order valence-electron chi connectivity index (χ2n) is 8.05. The number of hydrogen-bond donors (Lipinski definition) is 1. The van der Waals surface area contributed by atoms with Gasteiger partial charge in [0.25, 0.3) is 5.56 Å². The minimum Gasteiger partial charge on any atom is -0.298 e. The summed E-state index contributed by atoms with van der Waals surface area (Å²) in [5.74, 6) is 0. The fourth-order valence-corrected chi connectivity index (χ4v) is 6.06. The van der Waals surface area contributed by atoms with Crippen molar-refractivity contribution in [3.05, 3.63) is 67.2 Å². The predicted molar refractivity (Wildman–Crippen MR) is 113 cm³/mol. The van der Waals surface area contributed by atoms with Crippen molar-refractivity contribution in [1.29, 1.82) is 0 Å². The summed E-state index contributed by atoms with van der Waals surface area (Å²) in [6.45, 7) is 2.70. The molecular weight excluding hydrogens is 370 g/mol. The summed E-state index contributed by atoms with van der Waals surface area (Å²) in [4.78, 5) is 33.4. The molecule has 1 fully saturated rings. The normalized spacial score (nSPS) is 18.4. The van der Waals surface area contributed by atoms with E-state index >= 15 is 0 Å². The maximum absolute atomic E-state index is 13.3. The molecule has 3 heterocycles. The van der Waals surface area contributed by atoms with E-state index in [1.54, 1.807) is 11.3 Å². The lowest BCUT2D eigenvalue weighted by atomic mass is 9.95. The second kappa shape index (κ2) is 7.33. The molecule has 0 bridgehead atoms. The van der Waals surface area contributed by atoms with E-state index in [0.29, 0.717) is 0 Å². The SMILES string of the molecule is O=c1[nH]c2sc3c(c2c(=O)n1C1CCCCC1)CCN(Cc1ccccc1)C3. The standard InChI is InChI=1S/C22H25N3O2S/c26-21-19-17-11-12-24(13-15-7-3-1-4-8-15)14-18(17)28-20(19)23-22(27)25(21)16-9-5-2-6-10-16/h1,3-4,7-8,16H,2,5-6,9-14H2,(H,23,27). The number of hydrogen-bond acceptors (Lipinski definition) is 4. The molecule has 146 valence electrons. The number of aromatic nitrogens is 2. The van der Waals surface area contributed by atoms with Crippen LogP contribution in [-0.4, -0.2) is 21.0 Å². The highest BCUT2D eigenvalue weighted by Crippen LogP contribution is 2.33. The van der Waals surface area contributed by atoms with Crippen molar-refractivity contribution in [1.82, 2.24) is 14.5 Å². The van der Waals surface area contributed by atoms with Gasteiger partial charge in [0.1, 0.15) is 4.83 Å². The van der Waals surface area contributed by atoms with Gasteiger partial charge in [0.15, 0.2) is 0 Å². The molecule has 0 spiro atoms. The molecule has 1 N–H and O–H groups in total. The Morgan fingerprint density at radius 3 is 2.64 bits per heavy atom. The minimum atomic E-state index is -0.232. The van der Waals surface area contributed by atoms with Crippen molar-refractivity contribution >= 4 is 21.6 Å². The van der Waals surface area contributed by atoms with Gasteiger partial charge in [-0.05, 0) is 30.4 Å². The molecule has 2 aromatic heterocycles. The van der Waals surface area contributed by atoms with Gasteiger partial charge in [-0.1, -0.05) is 49.6 Å². The van der Waals surface area contributed by atoms with Gasteiger partial charge in [0, 0.05) is 30.6 Å². The van der Waals surface area contributed by atoms with Crippen LogP contribution >= 0.6 is 11.3 Å². The smallest absolute Gasteiger partial charge is 0.298 e. The van der Waals surface area contributed by atoms with Crippen molar-refractivity contribution in [3.8, 4) is 0 Å². The Balaban J connectivity index is 1.50. The van der Waals surface area contributed by atoms with Gasteiger partial charge in [-0.25, -0.2) is 4.79 Å². The van der Waals surface area contributed by atoms with E-state index < -0.39 is 0 Å². The van der Waals surface area contributed by atoms with E-state index in [2.05, 4.69) is 34.1 Å². The van der Waals surface area contributed by atoms with Gasteiger partial charge in [-0.3, -0.25) is 19.2 Å². The average Bonchev–Trinajstić information content (AvgIpc) is 3.07. The summed E-state index contributed by atoms with van der Waals surface area (Å²) in [7, 11) is 0. The molecule has 0 amide bonds. The van der Waals surface area contributed by atoms with Crippen LogP contribution in [0, 0.1) is 0 Å². The zero-order chi connectivity index (χ0) is 19.1. The largest absolute Gasteiger partial charge is 0.329 e. The Hall–Kier alpha value is -2.18. The van der Waals surface area contributed by atoms with Gasteiger partial charge in [-0.2, -0.15) is 0 Å². The third-order valence-corrected chi connectivity index (χ3v) is 7.33. The number of thiophene rings is 1. The van der Waals surface area contributed by atoms with Crippen LogP contribution in [0.2, 0.25) is 0 Å². The van der Waals surface area contributed by atoms with Crippen LogP contribution < -0.4 is 11.2 Å². The van der Waals surface area contributed by atoms with Crippen LogP contribution in [0.15, 0.2) is 39.9 Å². The number of nitrogens with one attached hydrogen (secondary N) is 1. The van der Waals surface area contributed by atoms with Gasteiger partial charge >= 0.3 is 5.69 Å². The lowest BCUT2D eigenvalue weighted by molar-refractivity contribution is 0.249. The summed E-state index contributed by atoms with van der Waals surface area (Å²) < 4.78 is 1.52. The number of H-pyrrole nitrogens is 1. The number of aromatic amines is 1. The first-order valence-electron chi connectivity index (χ1n) is 10.3. The Labute approximate surface area is 167 Å². The molecule has 6 heteroatoms. The first-order valence-corrected chi connectivity index (χ1v) is 11.1. The molecular formula is C22H25N3O2S. The number of fused-ring (bicyclic) bond motifs is 3. The van der Waals surface area contributed by atoms with Crippen LogP contribution in [0.25, 0.3) is 10.2 Å². The van der Waals surface area contributed by atoms with Gasteiger partial charge < -0.3 is 0 Å². The van der Waals surface area contributed by atoms with Crippen LogP contribution in [0.5, 0.6) is 0 Å². The Bertz CT molecular complexity index is 1110. The number of benzene rings is 1. The van der Waals surface area contributed by atoms with Crippen molar-refractivity contribution in [2.75, 3.05) is 6.54 Å². The van der Waals surface area contributed by atoms with Crippen molar-refractivity contribution < 1.29 is 0 Å². The van der Waals surface area contributed by atoms with E-state index in [-0.39, 0.29) is 17.3 Å². The summed E-state index contributed by atoms with van der Waals surface area (Å²) >= 11 is 1.59.